The highest BCUT2D eigenvalue weighted by Gasteiger charge is 2.14. The van der Waals surface area contributed by atoms with Crippen LogP contribution in [0.3, 0.4) is 0 Å². The summed E-state index contributed by atoms with van der Waals surface area (Å²) in [7, 11) is 0. The second kappa shape index (κ2) is 5.22. The van der Waals surface area contributed by atoms with E-state index in [1.165, 1.54) is 17.2 Å². The smallest absolute Gasteiger partial charge is 0.341 e. The van der Waals surface area contributed by atoms with Crippen LogP contribution in [0, 0.1) is 18.3 Å². The maximum Gasteiger partial charge on any atom is 0.341 e. The molecule has 0 saturated carbocycles. The van der Waals surface area contributed by atoms with E-state index in [0.717, 1.165) is 0 Å². The third-order valence-electron chi connectivity index (χ3n) is 2.26. The molecule has 0 aromatic carbocycles. The predicted molar refractivity (Wildman–Crippen MR) is 62.4 cm³/mol. The first-order chi connectivity index (χ1) is 9.15. The van der Waals surface area contributed by atoms with Crippen molar-refractivity contribution >= 4 is 5.97 Å². The molecular weight excluding hydrogens is 248 g/mol. The molecule has 0 amide bonds. The normalized spacial score (nSPS) is 9.95. The van der Waals surface area contributed by atoms with Gasteiger partial charge in [0.05, 0.1) is 17.9 Å². The third kappa shape index (κ3) is 2.55. The molecular formula is C11H10N6O2. The summed E-state index contributed by atoms with van der Waals surface area (Å²) in [5.74, 6) is -0.210. The maximum absolute atomic E-state index is 11.6. The number of aromatic nitrogens is 5. The Balaban J connectivity index is 2.33. The highest BCUT2D eigenvalue weighted by atomic mass is 16.5. The zero-order chi connectivity index (χ0) is 13.8. The van der Waals surface area contributed by atoms with Crippen molar-refractivity contribution in [1.29, 1.82) is 5.26 Å². The van der Waals surface area contributed by atoms with Gasteiger partial charge in [0.25, 0.3) is 11.8 Å². The number of hydrogen-bond donors (Lipinski definition) is 0. The van der Waals surface area contributed by atoms with Gasteiger partial charge in [-0.05, 0) is 13.8 Å². The number of nitriles is 1. The molecule has 8 nitrogen and oxygen atoms in total. The van der Waals surface area contributed by atoms with Crippen LogP contribution in [0.15, 0.2) is 12.5 Å². The average molecular weight is 258 g/mol. The molecule has 0 aliphatic carbocycles. The maximum atomic E-state index is 11.6. The molecule has 0 aliphatic rings. The molecule has 19 heavy (non-hydrogen) atoms. The van der Waals surface area contributed by atoms with Gasteiger partial charge in [-0.3, -0.25) is 0 Å². The molecule has 2 aromatic heterocycles. The lowest BCUT2D eigenvalue weighted by molar-refractivity contribution is 0.0524. The van der Waals surface area contributed by atoms with Gasteiger partial charge in [-0.25, -0.2) is 19.7 Å². The van der Waals surface area contributed by atoms with Gasteiger partial charge in [0.1, 0.15) is 12.4 Å². The number of ether oxygens (including phenoxy) is 1. The number of esters is 1. The van der Waals surface area contributed by atoms with Gasteiger partial charge >= 0.3 is 5.97 Å². The van der Waals surface area contributed by atoms with Crippen LogP contribution < -0.4 is 0 Å². The van der Waals surface area contributed by atoms with Crippen LogP contribution in [-0.2, 0) is 4.74 Å². The third-order valence-corrected chi connectivity index (χ3v) is 2.26. The Bertz CT molecular complexity index is 657. The number of aryl methyl sites for hydroxylation is 1. The molecule has 8 heteroatoms. The first-order valence-electron chi connectivity index (χ1n) is 5.48. The Morgan fingerprint density at radius 1 is 1.53 bits per heavy atom. The van der Waals surface area contributed by atoms with Gasteiger partial charge in [0.15, 0.2) is 0 Å². The number of rotatable bonds is 3. The summed E-state index contributed by atoms with van der Waals surface area (Å²) in [4.78, 5) is 23.5. The van der Waals surface area contributed by atoms with Crippen LogP contribution in [-0.4, -0.2) is 37.3 Å². The highest BCUT2D eigenvalue weighted by Crippen LogP contribution is 2.08. The standard InChI is InChI=1S/C11H10N6O2/c1-3-19-10(18)8-5-13-11(15-7(8)2)17-6-14-9(4-12)16-17/h5-6H,3H2,1-2H3. The summed E-state index contributed by atoms with van der Waals surface area (Å²) in [5, 5.41) is 12.5. The van der Waals surface area contributed by atoms with E-state index in [-0.39, 0.29) is 18.4 Å². The van der Waals surface area contributed by atoms with E-state index in [0.29, 0.717) is 11.3 Å². The Morgan fingerprint density at radius 2 is 2.32 bits per heavy atom. The zero-order valence-corrected chi connectivity index (χ0v) is 10.4. The molecule has 0 aliphatic heterocycles. The Morgan fingerprint density at radius 3 is 2.89 bits per heavy atom. The SMILES string of the molecule is CCOC(=O)c1cnc(-n2cnc(C#N)n2)nc1C. The van der Waals surface area contributed by atoms with Crippen molar-refractivity contribution in [3.63, 3.8) is 0 Å². The molecule has 2 rings (SSSR count). The van der Waals surface area contributed by atoms with E-state index < -0.39 is 5.97 Å². The Kier molecular flexibility index (Phi) is 3.47. The molecule has 0 atom stereocenters. The van der Waals surface area contributed by atoms with E-state index in [4.69, 9.17) is 10.00 Å². The van der Waals surface area contributed by atoms with E-state index in [9.17, 15) is 4.79 Å². The molecule has 2 aromatic rings. The summed E-state index contributed by atoms with van der Waals surface area (Å²) >= 11 is 0. The average Bonchev–Trinajstić information content (AvgIpc) is 2.87. The fraction of sp³-hybridized carbons (Fsp3) is 0.273. The van der Waals surface area contributed by atoms with Crippen LogP contribution in [0.25, 0.3) is 5.95 Å². The van der Waals surface area contributed by atoms with Crippen LogP contribution in [0.5, 0.6) is 0 Å². The first kappa shape index (κ1) is 12.6. The van der Waals surface area contributed by atoms with Gasteiger partial charge in [-0.2, -0.15) is 9.94 Å². The summed E-state index contributed by atoms with van der Waals surface area (Å²) in [5.41, 5.74) is 0.767. The topological polar surface area (TPSA) is 107 Å². The van der Waals surface area contributed by atoms with Crippen LogP contribution >= 0.6 is 0 Å². The first-order valence-corrected chi connectivity index (χ1v) is 5.48. The van der Waals surface area contributed by atoms with Gasteiger partial charge in [-0.1, -0.05) is 0 Å². The van der Waals surface area contributed by atoms with Crippen molar-refractivity contribution in [2.75, 3.05) is 6.61 Å². The van der Waals surface area contributed by atoms with Crippen molar-refractivity contribution in [3.05, 3.63) is 29.6 Å². The molecule has 0 bridgehead atoms. The van der Waals surface area contributed by atoms with Gasteiger partial charge in [0.2, 0.25) is 0 Å². The Labute approximate surface area is 108 Å². The highest BCUT2D eigenvalue weighted by molar-refractivity contribution is 5.90. The fourth-order valence-corrected chi connectivity index (χ4v) is 1.39. The van der Waals surface area contributed by atoms with Gasteiger partial charge < -0.3 is 4.74 Å². The molecule has 0 saturated heterocycles. The number of carbonyl (C=O) groups excluding carboxylic acids is 1. The van der Waals surface area contributed by atoms with E-state index in [1.54, 1.807) is 19.9 Å². The minimum absolute atomic E-state index is 0.0238. The van der Waals surface area contributed by atoms with Crippen molar-refractivity contribution in [3.8, 4) is 12.0 Å². The quantitative estimate of drug-likeness (QED) is 0.734. The summed E-state index contributed by atoms with van der Waals surface area (Å²) in [6, 6.07) is 1.81. The summed E-state index contributed by atoms with van der Waals surface area (Å²) in [6.45, 7) is 3.68. The minimum atomic E-state index is -0.470. The molecule has 0 radical (unpaired) electrons. The number of carbonyl (C=O) groups is 1. The molecule has 0 N–H and O–H groups in total. The lowest BCUT2D eigenvalue weighted by Gasteiger charge is -2.05. The van der Waals surface area contributed by atoms with E-state index in [2.05, 4.69) is 20.1 Å². The monoisotopic (exact) mass is 258 g/mol. The molecule has 96 valence electrons. The molecule has 0 unspecified atom stereocenters. The van der Waals surface area contributed by atoms with Crippen molar-refractivity contribution < 1.29 is 9.53 Å². The summed E-state index contributed by atoms with van der Waals surface area (Å²) < 4.78 is 6.14. The van der Waals surface area contributed by atoms with Crippen molar-refractivity contribution in [1.82, 2.24) is 24.7 Å². The lowest BCUT2D eigenvalue weighted by Crippen LogP contribution is -2.11. The van der Waals surface area contributed by atoms with E-state index in [1.807, 2.05) is 0 Å². The zero-order valence-electron chi connectivity index (χ0n) is 10.4. The molecule has 0 fully saturated rings. The van der Waals surface area contributed by atoms with Gasteiger partial charge in [-0.15, -0.1) is 5.10 Å². The molecule has 2 heterocycles. The Hall–Kier alpha value is -2.82. The minimum Gasteiger partial charge on any atom is -0.462 e. The predicted octanol–water partition coefficient (Wildman–Crippen LogP) is 0.414. The number of nitrogens with zero attached hydrogens (tertiary/aromatic N) is 6. The van der Waals surface area contributed by atoms with Gasteiger partial charge in [0, 0.05) is 6.20 Å². The van der Waals surface area contributed by atoms with Crippen LogP contribution in [0.2, 0.25) is 0 Å². The van der Waals surface area contributed by atoms with Crippen LogP contribution in [0.4, 0.5) is 0 Å². The molecule has 0 spiro atoms. The lowest BCUT2D eigenvalue weighted by atomic mass is 10.2. The van der Waals surface area contributed by atoms with E-state index >= 15 is 0 Å². The second-order valence-electron chi connectivity index (χ2n) is 3.51. The summed E-state index contributed by atoms with van der Waals surface area (Å²) in [6.07, 6.45) is 2.70. The fourth-order valence-electron chi connectivity index (χ4n) is 1.39. The van der Waals surface area contributed by atoms with Crippen molar-refractivity contribution in [2.45, 2.75) is 13.8 Å². The number of hydrogen-bond acceptors (Lipinski definition) is 7. The second-order valence-corrected chi connectivity index (χ2v) is 3.51. The van der Waals surface area contributed by atoms with Crippen LogP contribution in [0.1, 0.15) is 28.8 Å². The van der Waals surface area contributed by atoms with Crippen molar-refractivity contribution in [2.24, 2.45) is 0 Å². The largest absolute Gasteiger partial charge is 0.462 e.